The zero-order valence-electron chi connectivity index (χ0n) is 13.4. The van der Waals surface area contributed by atoms with Gasteiger partial charge in [-0.25, -0.2) is 4.98 Å². The summed E-state index contributed by atoms with van der Waals surface area (Å²) in [7, 11) is 0. The van der Waals surface area contributed by atoms with E-state index in [-0.39, 0.29) is 12.1 Å². The lowest BCUT2D eigenvalue weighted by atomic mass is 9.92. The molecule has 2 aliphatic heterocycles. The fourth-order valence-electron chi connectivity index (χ4n) is 3.42. The molecule has 1 aromatic carbocycles. The first kappa shape index (κ1) is 15.2. The van der Waals surface area contributed by atoms with Crippen LogP contribution in [0.3, 0.4) is 0 Å². The number of aliphatic imine (C=N–C) groups is 1. The van der Waals surface area contributed by atoms with Gasteiger partial charge in [-0.3, -0.25) is 14.4 Å². The molecule has 0 atom stereocenters. The molecule has 6 nitrogen and oxygen atoms in total. The van der Waals surface area contributed by atoms with Crippen LogP contribution in [-0.2, 0) is 13.1 Å². The van der Waals surface area contributed by atoms with Gasteiger partial charge in [0.25, 0.3) is 5.56 Å². The Labute approximate surface area is 139 Å². The predicted molar refractivity (Wildman–Crippen MR) is 91.3 cm³/mol. The van der Waals surface area contributed by atoms with Crippen molar-refractivity contribution in [3.63, 3.8) is 0 Å². The number of benzene rings is 1. The molecule has 0 unspecified atom stereocenters. The Morgan fingerprint density at radius 1 is 1.21 bits per heavy atom. The highest BCUT2D eigenvalue weighted by Gasteiger charge is 2.31. The lowest BCUT2D eigenvalue weighted by molar-refractivity contribution is -0.00647. The molecule has 1 aromatic heterocycles. The fraction of sp³-hybridized carbons (Fsp3) is 0.389. The highest BCUT2D eigenvalue weighted by molar-refractivity contribution is 6.13. The highest BCUT2D eigenvalue weighted by atomic mass is 16.3. The van der Waals surface area contributed by atoms with E-state index in [9.17, 15) is 9.90 Å². The van der Waals surface area contributed by atoms with Gasteiger partial charge in [-0.15, -0.1) is 0 Å². The largest absolute Gasteiger partial charge is 0.388 e. The Kier molecular flexibility index (Phi) is 3.78. The second-order valence-electron chi connectivity index (χ2n) is 6.51. The number of fused-ring (bicyclic) bond motifs is 1. The molecule has 0 radical (unpaired) electrons. The first-order valence-corrected chi connectivity index (χ1v) is 8.28. The van der Waals surface area contributed by atoms with Crippen LogP contribution < -0.4 is 10.9 Å². The first-order chi connectivity index (χ1) is 11.7. The van der Waals surface area contributed by atoms with Crippen molar-refractivity contribution in [1.82, 2.24) is 14.9 Å². The summed E-state index contributed by atoms with van der Waals surface area (Å²) in [5.41, 5.74) is 2.09. The average Bonchev–Trinajstić information content (AvgIpc) is 3.03. The number of piperidine rings is 1. The molecule has 0 aliphatic carbocycles. The molecular weight excluding hydrogens is 304 g/mol. The third kappa shape index (κ3) is 2.68. The van der Waals surface area contributed by atoms with Gasteiger partial charge in [-0.1, -0.05) is 30.3 Å². The Bertz CT molecular complexity index is 836. The third-order valence-corrected chi connectivity index (χ3v) is 4.80. The Hall–Kier alpha value is -2.31. The maximum Gasteiger partial charge on any atom is 0.259 e. The van der Waals surface area contributed by atoms with Gasteiger partial charge in [0, 0.05) is 5.56 Å². The lowest BCUT2D eigenvalue weighted by Gasteiger charge is -2.32. The zero-order valence-corrected chi connectivity index (χ0v) is 13.4. The van der Waals surface area contributed by atoms with Gasteiger partial charge in [0.15, 0.2) is 0 Å². The second-order valence-corrected chi connectivity index (χ2v) is 6.51. The minimum absolute atomic E-state index is 0.0957. The van der Waals surface area contributed by atoms with Gasteiger partial charge in [-0.2, -0.15) is 0 Å². The van der Waals surface area contributed by atoms with Crippen LogP contribution in [0.25, 0.3) is 0 Å². The van der Waals surface area contributed by atoms with Gasteiger partial charge in [0.2, 0.25) is 0 Å². The van der Waals surface area contributed by atoms with E-state index < -0.39 is 5.60 Å². The summed E-state index contributed by atoms with van der Waals surface area (Å²) in [4.78, 5) is 21.8. The Morgan fingerprint density at radius 2 is 1.96 bits per heavy atom. The molecule has 2 aliphatic rings. The summed E-state index contributed by atoms with van der Waals surface area (Å²) in [6, 6.07) is 9.79. The van der Waals surface area contributed by atoms with Crippen LogP contribution in [0, 0.1) is 0 Å². The number of hydrogen-bond donors (Lipinski definition) is 2. The summed E-state index contributed by atoms with van der Waals surface area (Å²) in [5.74, 6) is 0. The topological polar surface area (TPSA) is 79.5 Å². The summed E-state index contributed by atoms with van der Waals surface area (Å²) < 4.78 is 1.54. The number of aliphatic hydroxyl groups is 1. The van der Waals surface area contributed by atoms with Crippen molar-refractivity contribution in [2.45, 2.75) is 31.5 Å². The average molecular weight is 324 g/mol. The van der Waals surface area contributed by atoms with Crippen LogP contribution in [0.15, 0.2) is 46.4 Å². The maximum absolute atomic E-state index is 12.8. The third-order valence-electron chi connectivity index (χ3n) is 4.80. The molecule has 124 valence electrons. The van der Waals surface area contributed by atoms with Crippen molar-refractivity contribution < 1.29 is 5.11 Å². The Balaban J connectivity index is 1.65. The fourth-order valence-corrected chi connectivity index (χ4v) is 3.42. The van der Waals surface area contributed by atoms with E-state index in [0.29, 0.717) is 30.6 Å². The van der Waals surface area contributed by atoms with Crippen molar-refractivity contribution in [2.24, 2.45) is 4.99 Å². The minimum atomic E-state index is -0.841. The highest BCUT2D eigenvalue weighted by Crippen LogP contribution is 2.21. The molecule has 0 bridgehead atoms. The SMILES string of the molecule is O=c1c2c(ncn1CC1(O)CCNCC1)C(c1ccccc1)=NC2. The van der Waals surface area contributed by atoms with Gasteiger partial charge in [-0.05, 0) is 25.9 Å². The van der Waals surface area contributed by atoms with E-state index in [4.69, 9.17) is 0 Å². The van der Waals surface area contributed by atoms with E-state index in [1.54, 1.807) is 6.33 Å². The standard InChI is InChI=1S/C18H20N4O2/c23-17-14-10-20-15(13-4-2-1-3-5-13)16(14)21-12-22(17)11-18(24)6-8-19-9-7-18/h1-5,12,19,24H,6-11H2. The summed E-state index contributed by atoms with van der Waals surface area (Å²) in [6.07, 6.45) is 2.83. The molecule has 24 heavy (non-hydrogen) atoms. The van der Waals surface area contributed by atoms with Crippen molar-refractivity contribution in [2.75, 3.05) is 13.1 Å². The maximum atomic E-state index is 12.8. The summed E-state index contributed by atoms with van der Waals surface area (Å²) in [6.45, 7) is 2.18. The molecule has 2 aromatic rings. The number of nitrogens with one attached hydrogen (secondary N) is 1. The predicted octanol–water partition coefficient (Wildman–Crippen LogP) is 0.709. The zero-order chi connectivity index (χ0) is 16.6. The monoisotopic (exact) mass is 324 g/mol. The molecule has 6 heteroatoms. The number of nitrogens with zero attached hydrogens (tertiary/aromatic N) is 3. The van der Waals surface area contributed by atoms with Crippen molar-refractivity contribution >= 4 is 5.71 Å². The molecule has 1 fully saturated rings. The van der Waals surface area contributed by atoms with E-state index in [1.807, 2.05) is 30.3 Å². The van der Waals surface area contributed by atoms with Gasteiger partial charge < -0.3 is 10.4 Å². The number of rotatable bonds is 3. The second kappa shape index (κ2) is 5.96. The van der Waals surface area contributed by atoms with E-state index in [2.05, 4.69) is 15.3 Å². The van der Waals surface area contributed by atoms with Gasteiger partial charge in [0.05, 0.1) is 36.3 Å². The summed E-state index contributed by atoms with van der Waals surface area (Å²) >= 11 is 0. The number of hydrogen-bond acceptors (Lipinski definition) is 5. The normalized spacial score (nSPS) is 19.0. The molecule has 3 heterocycles. The van der Waals surface area contributed by atoms with Crippen LogP contribution >= 0.6 is 0 Å². The molecule has 1 saturated heterocycles. The molecule has 0 saturated carbocycles. The van der Waals surface area contributed by atoms with E-state index in [0.717, 1.165) is 24.4 Å². The van der Waals surface area contributed by atoms with Crippen molar-refractivity contribution in [1.29, 1.82) is 0 Å². The van der Waals surface area contributed by atoms with Gasteiger partial charge >= 0.3 is 0 Å². The molecule has 4 rings (SSSR count). The molecule has 0 amide bonds. The van der Waals surface area contributed by atoms with Crippen molar-refractivity contribution in [3.8, 4) is 0 Å². The molecule has 0 spiro atoms. The first-order valence-electron chi connectivity index (χ1n) is 8.28. The molecular formula is C18H20N4O2. The van der Waals surface area contributed by atoms with Crippen LogP contribution in [0.5, 0.6) is 0 Å². The van der Waals surface area contributed by atoms with Crippen LogP contribution in [0.2, 0.25) is 0 Å². The molecule has 2 N–H and O–H groups in total. The number of aromatic nitrogens is 2. The quantitative estimate of drug-likeness (QED) is 0.871. The Morgan fingerprint density at radius 3 is 2.71 bits per heavy atom. The summed E-state index contributed by atoms with van der Waals surface area (Å²) in [5, 5.41) is 13.9. The van der Waals surface area contributed by atoms with Crippen LogP contribution in [-0.4, -0.2) is 39.1 Å². The van der Waals surface area contributed by atoms with Crippen LogP contribution in [0.4, 0.5) is 0 Å². The van der Waals surface area contributed by atoms with Gasteiger partial charge in [0.1, 0.15) is 5.69 Å². The lowest BCUT2D eigenvalue weighted by Crippen LogP contribution is -2.46. The smallest absolute Gasteiger partial charge is 0.259 e. The van der Waals surface area contributed by atoms with Crippen molar-refractivity contribution in [3.05, 3.63) is 63.8 Å². The van der Waals surface area contributed by atoms with E-state index >= 15 is 0 Å². The van der Waals surface area contributed by atoms with Crippen LogP contribution in [0.1, 0.15) is 29.7 Å². The minimum Gasteiger partial charge on any atom is -0.388 e. The van der Waals surface area contributed by atoms with E-state index in [1.165, 1.54) is 4.57 Å².